The van der Waals surface area contributed by atoms with Crippen molar-refractivity contribution in [1.82, 2.24) is 9.97 Å². The molecule has 0 aliphatic rings. The van der Waals surface area contributed by atoms with Crippen LogP contribution in [0.2, 0.25) is 0 Å². The number of aliphatic hydroxyl groups excluding tert-OH is 1. The first-order valence-corrected chi connectivity index (χ1v) is 5.10. The molecule has 0 bridgehead atoms. The minimum atomic E-state index is -0.300. The maximum absolute atomic E-state index is 9.30. The SMILES string of the molecule is CCC(O)CSc1nccnc1N. The fraction of sp³-hybridized carbons (Fsp3) is 0.500. The lowest BCUT2D eigenvalue weighted by Crippen LogP contribution is -2.08. The lowest BCUT2D eigenvalue weighted by atomic mass is 10.3. The highest BCUT2D eigenvalue weighted by Gasteiger charge is 2.05. The van der Waals surface area contributed by atoms with Gasteiger partial charge >= 0.3 is 0 Å². The van der Waals surface area contributed by atoms with Gasteiger partial charge in [0.15, 0.2) is 5.82 Å². The summed E-state index contributed by atoms with van der Waals surface area (Å²) in [4.78, 5) is 7.94. The average Bonchev–Trinajstić information content (AvgIpc) is 2.16. The molecule has 0 radical (unpaired) electrons. The Labute approximate surface area is 81.6 Å². The molecule has 4 nitrogen and oxygen atoms in total. The van der Waals surface area contributed by atoms with E-state index in [9.17, 15) is 5.11 Å². The van der Waals surface area contributed by atoms with E-state index in [4.69, 9.17) is 5.73 Å². The second-order valence-electron chi connectivity index (χ2n) is 2.62. The quantitative estimate of drug-likeness (QED) is 0.705. The van der Waals surface area contributed by atoms with Gasteiger partial charge in [-0.2, -0.15) is 0 Å². The van der Waals surface area contributed by atoms with Crippen LogP contribution in [-0.2, 0) is 0 Å². The second kappa shape index (κ2) is 5.04. The van der Waals surface area contributed by atoms with Crippen molar-refractivity contribution < 1.29 is 5.11 Å². The fourth-order valence-electron chi connectivity index (χ4n) is 0.740. The molecule has 1 unspecified atom stereocenters. The van der Waals surface area contributed by atoms with Crippen LogP contribution in [-0.4, -0.2) is 26.9 Å². The number of nitrogens with zero attached hydrogens (tertiary/aromatic N) is 2. The Morgan fingerprint density at radius 3 is 2.85 bits per heavy atom. The molecule has 1 aromatic heterocycles. The first-order valence-electron chi connectivity index (χ1n) is 4.11. The molecule has 0 aliphatic carbocycles. The molecule has 0 aromatic carbocycles. The first kappa shape index (κ1) is 10.3. The van der Waals surface area contributed by atoms with Gasteiger partial charge in [0.05, 0.1) is 6.10 Å². The van der Waals surface area contributed by atoms with E-state index >= 15 is 0 Å². The van der Waals surface area contributed by atoms with Crippen molar-refractivity contribution in [3.63, 3.8) is 0 Å². The van der Waals surface area contributed by atoms with E-state index < -0.39 is 0 Å². The van der Waals surface area contributed by atoms with Gasteiger partial charge < -0.3 is 10.8 Å². The summed E-state index contributed by atoms with van der Waals surface area (Å²) in [7, 11) is 0. The van der Waals surface area contributed by atoms with Crippen LogP contribution in [0.1, 0.15) is 13.3 Å². The summed E-state index contributed by atoms with van der Waals surface area (Å²) < 4.78 is 0. The molecule has 0 saturated carbocycles. The summed E-state index contributed by atoms with van der Waals surface area (Å²) in [6, 6.07) is 0. The van der Waals surface area contributed by atoms with Crippen molar-refractivity contribution in [2.75, 3.05) is 11.5 Å². The van der Waals surface area contributed by atoms with Gasteiger partial charge in [-0.3, -0.25) is 0 Å². The zero-order chi connectivity index (χ0) is 9.68. The smallest absolute Gasteiger partial charge is 0.156 e. The normalized spacial score (nSPS) is 12.8. The van der Waals surface area contributed by atoms with E-state index in [-0.39, 0.29) is 6.10 Å². The summed E-state index contributed by atoms with van der Waals surface area (Å²) in [5.41, 5.74) is 5.57. The largest absolute Gasteiger partial charge is 0.392 e. The minimum absolute atomic E-state index is 0.300. The van der Waals surface area contributed by atoms with Gasteiger partial charge in [0, 0.05) is 18.1 Å². The summed E-state index contributed by atoms with van der Waals surface area (Å²) in [5.74, 6) is 1.04. The van der Waals surface area contributed by atoms with Gasteiger partial charge in [0.25, 0.3) is 0 Å². The Balaban J connectivity index is 2.50. The van der Waals surface area contributed by atoms with Crippen LogP contribution >= 0.6 is 11.8 Å². The predicted octanol–water partition coefficient (Wildman–Crippen LogP) is 0.922. The number of aromatic nitrogens is 2. The van der Waals surface area contributed by atoms with Crippen molar-refractivity contribution in [3.05, 3.63) is 12.4 Å². The number of hydrogen-bond acceptors (Lipinski definition) is 5. The Morgan fingerprint density at radius 1 is 1.54 bits per heavy atom. The lowest BCUT2D eigenvalue weighted by Gasteiger charge is -2.06. The zero-order valence-electron chi connectivity index (χ0n) is 7.47. The molecule has 72 valence electrons. The van der Waals surface area contributed by atoms with Crippen LogP contribution in [0.15, 0.2) is 17.4 Å². The summed E-state index contributed by atoms with van der Waals surface area (Å²) >= 11 is 1.43. The predicted molar refractivity (Wildman–Crippen MR) is 53.5 cm³/mol. The monoisotopic (exact) mass is 199 g/mol. The third-order valence-electron chi connectivity index (χ3n) is 1.57. The zero-order valence-corrected chi connectivity index (χ0v) is 8.29. The number of nitrogen functional groups attached to an aromatic ring is 1. The Morgan fingerprint density at radius 2 is 2.23 bits per heavy atom. The van der Waals surface area contributed by atoms with Crippen molar-refractivity contribution in [2.45, 2.75) is 24.5 Å². The Bertz CT molecular complexity index is 269. The van der Waals surface area contributed by atoms with E-state index in [2.05, 4.69) is 9.97 Å². The maximum atomic E-state index is 9.30. The van der Waals surface area contributed by atoms with Crippen LogP contribution in [0.5, 0.6) is 0 Å². The van der Waals surface area contributed by atoms with Crippen LogP contribution in [0.25, 0.3) is 0 Å². The highest BCUT2D eigenvalue weighted by atomic mass is 32.2. The van der Waals surface area contributed by atoms with Gasteiger partial charge in [-0.05, 0) is 6.42 Å². The van der Waals surface area contributed by atoms with E-state index in [0.717, 1.165) is 6.42 Å². The highest BCUT2D eigenvalue weighted by Crippen LogP contribution is 2.20. The van der Waals surface area contributed by atoms with Gasteiger partial charge in [-0.1, -0.05) is 6.92 Å². The Kier molecular flexibility index (Phi) is 3.98. The fourth-order valence-corrected chi connectivity index (χ4v) is 1.66. The van der Waals surface area contributed by atoms with Crippen LogP contribution in [0.3, 0.4) is 0 Å². The van der Waals surface area contributed by atoms with E-state index in [1.165, 1.54) is 11.8 Å². The summed E-state index contributed by atoms with van der Waals surface area (Å²) in [6.45, 7) is 1.94. The molecule has 1 heterocycles. The molecule has 1 rings (SSSR count). The standard InChI is InChI=1S/C8H13N3OS/c1-2-6(12)5-13-8-7(9)10-3-4-11-8/h3-4,6,12H,2,5H2,1H3,(H2,9,10). The lowest BCUT2D eigenvalue weighted by molar-refractivity contribution is 0.195. The molecular formula is C8H13N3OS. The average molecular weight is 199 g/mol. The summed E-state index contributed by atoms with van der Waals surface area (Å²) in [6.07, 6.45) is 3.59. The second-order valence-corrected chi connectivity index (χ2v) is 3.63. The number of rotatable bonds is 4. The minimum Gasteiger partial charge on any atom is -0.392 e. The van der Waals surface area contributed by atoms with E-state index in [1.807, 2.05) is 6.92 Å². The number of aliphatic hydroxyl groups is 1. The first-order chi connectivity index (χ1) is 6.24. The molecule has 1 atom stereocenters. The molecular weight excluding hydrogens is 186 g/mol. The van der Waals surface area contributed by atoms with Gasteiger partial charge in [0.2, 0.25) is 0 Å². The van der Waals surface area contributed by atoms with Gasteiger partial charge in [-0.15, -0.1) is 11.8 Å². The van der Waals surface area contributed by atoms with Crippen LogP contribution in [0.4, 0.5) is 5.82 Å². The molecule has 0 fully saturated rings. The number of hydrogen-bond donors (Lipinski definition) is 2. The molecule has 0 spiro atoms. The molecule has 13 heavy (non-hydrogen) atoms. The number of nitrogens with two attached hydrogens (primary N) is 1. The van der Waals surface area contributed by atoms with Gasteiger partial charge in [-0.25, -0.2) is 9.97 Å². The van der Waals surface area contributed by atoms with Crippen molar-refractivity contribution in [1.29, 1.82) is 0 Å². The Hall–Kier alpha value is -0.810. The summed E-state index contributed by atoms with van der Waals surface area (Å²) in [5, 5.41) is 9.99. The van der Waals surface area contributed by atoms with Crippen molar-refractivity contribution in [2.24, 2.45) is 0 Å². The molecule has 0 amide bonds. The van der Waals surface area contributed by atoms with E-state index in [0.29, 0.717) is 16.6 Å². The molecule has 1 aromatic rings. The third-order valence-corrected chi connectivity index (χ3v) is 2.71. The van der Waals surface area contributed by atoms with Gasteiger partial charge in [0.1, 0.15) is 5.03 Å². The number of anilines is 1. The number of thioether (sulfide) groups is 1. The van der Waals surface area contributed by atoms with E-state index in [1.54, 1.807) is 12.4 Å². The third kappa shape index (κ3) is 3.20. The molecule has 0 saturated heterocycles. The molecule has 0 aliphatic heterocycles. The van der Waals surface area contributed by atoms with Crippen LogP contribution in [0, 0.1) is 0 Å². The highest BCUT2D eigenvalue weighted by molar-refractivity contribution is 7.99. The maximum Gasteiger partial charge on any atom is 0.156 e. The molecule has 3 N–H and O–H groups in total. The van der Waals surface area contributed by atoms with Crippen molar-refractivity contribution in [3.8, 4) is 0 Å². The van der Waals surface area contributed by atoms with Crippen molar-refractivity contribution >= 4 is 17.6 Å². The molecule has 5 heteroatoms. The topological polar surface area (TPSA) is 72.0 Å². The van der Waals surface area contributed by atoms with Crippen LogP contribution < -0.4 is 5.73 Å².